The third kappa shape index (κ3) is 3.86. The molecule has 0 aromatic carbocycles. The lowest BCUT2D eigenvalue weighted by molar-refractivity contribution is -0.118. The van der Waals surface area contributed by atoms with E-state index in [1.807, 2.05) is 0 Å². The Morgan fingerprint density at radius 2 is 2.36 bits per heavy atom. The predicted octanol–water partition coefficient (Wildman–Crippen LogP) is 0.379. The Labute approximate surface area is 93.7 Å². The highest BCUT2D eigenvalue weighted by Crippen LogP contribution is 2.17. The van der Waals surface area contributed by atoms with Gasteiger partial charge in [0.05, 0.1) is 13.1 Å². The number of hydrogen-bond acceptors (Lipinski definition) is 4. The number of nitrogens with one attached hydrogen (secondary N) is 2. The summed E-state index contributed by atoms with van der Waals surface area (Å²) in [6.45, 7) is 1.25. The topological polar surface area (TPSA) is 53.5 Å². The van der Waals surface area contributed by atoms with Crippen molar-refractivity contribution in [2.45, 2.75) is 18.9 Å². The molecule has 6 heteroatoms. The number of carbonyl (C=O) groups excluding carboxylic acids is 1. The fourth-order valence-corrected chi connectivity index (χ4v) is 1.84. The molecule has 14 heavy (non-hydrogen) atoms. The number of thioether (sulfide) groups is 1. The number of nitrogens with zero attached hydrogens (tertiary/aromatic N) is 1. The molecule has 1 aliphatic heterocycles. The summed E-state index contributed by atoms with van der Waals surface area (Å²) in [6.07, 6.45) is 2.42. The Bertz CT molecular complexity index is 243. The highest BCUT2D eigenvalue weighted by molar-refractivity contribution is 8.14. The number of aliphatic imine (C=N–C) groups is 1. The van der Waals surface area contributed by atoms with Crippen molar-refractivity contribution in [3.05, 3.63) is 0 Å². The second kappa shape index (κ2) is 5.58. The minimum absolute atomic E-state index is 0. The Morgan fingerprint density at radius 3 is 2.93 bits per heavy atom. The standard InChI is InChI=1S/C8H13N3OS.ClH/c12-7(5-10-6-1-2-6)11-8-9-3-4-13-8;/h6,10H,1-5H2,(H,9,11,12);1H. The average Bonchev–Trinajstić information content (AvgIpc) is 2.82. The number of carbonyl (C=O) groups is 1. The second-order valence-corrected chi connectivity index (χ2v) is 4.32. The number of amidine groups is 1. The van der Waals surface area contributed by atoms with Crippen LogP contribution in [-0.4, -0.2) is 36.0 Å². The largest absolute Gasteiger partial charge is 0.306 e. The molecule has 1 heterocycles. The zero-order chi connectivity index (χ0) is 9.10. The van der Waals surface area contributed by atoms with E-state index in [2.05, 4.69) is 15.6 Å². The monoisotopic (exact) mass is 235 g/mol. The van der Waals surface area contributed by atoms with Crippen molar-refractivity contribution in [1.29, 1.82) is 0 Å². The molecule has 2 N–H and O–H groups in total. The minimum atomic E-state index is 0. The van der Waals surface area contributed by atoms with Crippen molar-refractivity contribution in [2.24, 2.45) is 4.99 Å². The summed E-state index contributed by atoms with van der Waals surface area (Å²) in [5.74, 6) is 1.02. The van der Waals surface area contributed by atoms with Crippen LogP contribution in [0.25, 0.3) is 0 Å². The fraction of sp³-hybridized carbons (Fsp3) is 0.750. The van der Waals surface area contributed by atoms with E-state index in [4.69, 9.17) is 0 Å². The summed E-state index contributed by atoms with van der Waals surface area (Å²) in [6, 6.07) is 0.587. The van der Waals surface area contributed by atoms with Crippen molar-refractivity contribution >= 4 is 35.2 Å². The van der Waals surface area contributed by atoms with E-state index >= 15 is 0 Å². The van der Waals surface area contributed by atoms with Crippen LogP contribution in [-0.2, 0) is 4.79 Å². The van der Waals surface area contributed by atoms with Crippen LogP contribution >= 0.6 is 24.2 Å². The van der Waals surface area contributed by atoms with Crippen LogP contribution in [0.15, 0.2) is 4.99 Å². The van der Waals surface area contributed by atoms with Gasteiger partial charge in [0, 0.05) is 11.8 Å². The average molecular weight is 236 g/mol. The summed E-state index contributed by atoms with van der Waals surface area (Å²) in [5.41, 5.74) is 0. The van der Waals surface area contributed by atoms with Crippen molar-refractivity contribution in [1.82, 2.24) is 10.6 Å². The van der Waals surface area contributed by atoms with Gasteiger partial charge in [-0.1, -0.05) is 11.8 Å². The van der Waals surface area contributed by atoms with Crippen molar-refractivity contribution in [3.8, 4) is 0 Å². The van der Waals surface area contributed by atoms with Gasteiger partial charge in [0.25, 0.3) is 0 Å². The summed E-state index contributed by atoms with van der Waals surface area (Å²) in [5, 5.41) is 6.71. The van der Waals surface area contributed by atoms with Crippen LogP contribution in [0.1, 0.15) is 12.8 Å². The third-order valence-corrected chi connectivity index (χ3v) is 2.85. The highest BCUT2D eigenvalue weighted by atomic mass is 35.5. The lowest BCUT2D eigenvalue weighted by Crippen LogP contribution is -2.36. The third-order valence-electron chi connectivity index (χ3n) is 1.96. The van der Waals surface area contributed by atoms with Gasteiger partial charge in [-0.05, 0) is 12.8 Å². The molecule has 0 unspecified atom stereocenters. The lowest BCUT2D eigenvalue weighted by atomic mass is 10.5. The molecule has 0 atom stereocenters. The van der Waals surface area contributed by atoms with Gasteiger partial charge < -0.3 is 10.6 Å². The first-order valence-electron chi connectivity index (χ1n) is 4.55. The van der Waals surface area contributed by atoms with E-state index in [0.717, 1.165) is 17.5 Å². The summed E-state index contributed by atoms with van der Waals surface area (Å²) in [4.78, 5) is 15.4. The Kier molecular flexibility index (Phi) is 4.71. The van der Waals surface area contributed by atoms with Gasteiger partial charge in [-0.2, -0.15) is 0 Å². The molecule has 0 radical (unpaired) electrons. The van der Waals surface area contributed by atoms with Crippen molar-refractivity contribution < 1.29 is 4.79 Å². The SMILES string of the molecule is Cl.O=C(CNC1CC1)NC1=NCCS1. The Hall–Kier alpha value is -0.260. The number of hydrogen-bond donors (Lipinski definition) is 2. The molecule has 1 aliphatic carbocycles. The number of rotatable bonds is 3. The molecular formula is C8H14ClN3OS. The van der Waals surface area contributed by atoms with Crippen molar-refractivity contribution in [3.63, 3.8) is 0 Å². The maximum atomic E-state index is 11.3. The predicted molar refractivity (Wildman–Crippen MR) is 61.2 cm³/mol. The van der Waals surface area contributed by atoms with Gasteiger partial charge in [-0.25, -0.2) is 0 Å². The Balaban J connectivity index is 0.000000980. The fourth-order valence-electron chi connectivity index (χ4n) is 1.10. The molecule has 0 spiro atoms. The van der Waals surface area contributed by atoms with E-state index < -0.39 is 0 Å². The zero-order valence-electron chi connectivity index (χ0n) is 7.78. The van der Waals surface area contributed by atoms with E-state index in [9.17, 15) is 4.79 Å². The summed E-state index contributed by atoms with van der Waals surface area (Å²) < 4.78 is 0. The van der Waals surface area contributed by atoms with Gasteiger partial charge >= 0.3 is 0 Å². The van der Waals surface area contributed by atoms with Gasteiger partial charge in [-0.3, -0.25) is 9.79 Å². The van der Waals surface area contributed by atoms with E-state index in [1.54, 1.807) is 11.8 Å². The van der Waals surface area contributed by atoms with E-state index in [1.165, 1.54) is 12.8 Å². The highest BCUT2D eigenvalue weighted by Gasteiger charge is 2.21. The molecule has 1 fully saturated rings. The van der Waals surface area contributed by atoms with Gasteiger partial charge in [-0.15, -0.1) is 12.4 Å². The molecule has 0 bridgehead atoms. The quantitative estimate of drug-likeness (QED) is 0.744. The lowest BCUT2D eigenvalue weighted by Gasteiger charge is -2.03. The van der Waals surface area contributed by atoms with Crippen LogP contribution < -0.4 is 10.6 Å². The molecule has 0 saturated heterocycles. The first-order chi connectivity index (χ1) is 6.34. The maximum absolute atomic E-state index is 11.3. The molecule has 2 rings (SSSR count). The maximum Gasteiger partial charge on any atom is 0.239 e. The van der Waals surface area contributed by atoms with Gasteiger partial charge in [0.1, 0.15) is 0 Å². The number of halogens is 1. The summed E-state index contributed by atoms with van der Waals surface area (Å²) >= 11 is 1.61. The van der Waals surface area contributed by atoms with Crippen LogP contribution in [0.4, 0.5) is 0 Å². The molecule has 1 amide bonds. The smallest absolute Gasteiger partial charge is 0.239 e. The van der Waals surface area contributed by atoms with Crippen LogP contribution in [0.5, 0.6) is 0 Å². The molecule has 4 nitrogen and oxygen atoms in total. The first-order valence-corrected chi connectivity index (χ1v) is 5.53. The molecule has 0 aromatic heterocycles. The molecule has 2 aliphatic rings. The van der Waals surface area contributed by atoms with Gasteiger partial charge in [0.15, 0.2) is 5.17 Å². The molecule has 0 aromatic rings. The summed E-state index contributed by atoms with van der Waals surface area (Å²) in [7, 11) is 0. The van der Waals surface area contributed by atoms with E-state index in [0.29, 0.717) is 12.6 Å². The zero-order valence-corrected chi connectivity index (χ0v) is 9.42. The number of amides is 1. The molecule has 80 valence electrons. The minimum Gasteiger partial charge on any atom is -0.306 e. The van der Waals surface area contributed by atoms with E-state index in [-0.39, 0.29) is 18.3 Å². The Morgan fingerprint density at radius 1 is 1.57 bits per heavy atom. The van der Waals surface area contributed by atoms with Crippen molar-refractivity contribution in [2.75, 3.05) is 18.8 Å². The molecular weight excluding hydrogens is 222 g/mol. The second-order valence-electron chi connectivity index (χ2n) is 3.24. The van der Waals surface area contributed by atoms with Crippen LogP contribution in [0.3, 0.4) is 0 Å². The first kappa shape index (κ1) is 11.8. The van der Waals surface area contributed by atoms with Crippen LogP contribution in [0.2, 0.25) is 0 Å². The van der Waals surface area contributed by atoms with Crippen LogP contribution in [0, 0.1) is 0 Å². The normalized spacial score (nSPS) is 19.9. The molecule has 1 saturated carbocycles. The van der Waals surface area contributed by atoms with Gasteiger partial charge in [0.2, 0.25) is 5.91 Å².